The van der Waals surface area contributed by atoms with Gasteiger partial charge < -0.3 is 30.2 Å². The first-order valence-electron chi connectivity index (χ1n) is 19.0. The maximum absolute atomic E-state index is 14.3. The van der Waals surface area contributed by atoms with E-state index >= 15 is 0 Å². The standard InChI is InChI=1S/C44H47N5O5/c1-31(11-9-20-40(51)46-28-34-14-6-5-13-33(34)26-37(46)29-50)44(54)38-18-7-8-19-39(38)47(42(44)53)27-32-12-10-17-36(25-32)48-30-49(35-15-3-2-4-16-35)43(41(48)52)21-23-45-24-22-43/h2-19,25,31,37,45,50,54H,20-24,26-30H2,1H3/b11-9+/t31-,37+,44+/m1/s1. The number of aliphatic hydroxyl groups is 2. The summed E-state index contributed by atoms with van der Waals surface area (Å²) < 4.78 is 0. The van der Waals surface area contributed by atoms with Gasteiger partial charge in [0.1, 0.15) is 5.54 Å². The SMILES string of the molecule is C[C@H](/C=C/CC(=O)N1Cc2ccccc2C[C@H]1CO)[C@@]1(O)C(=O)N(Cc2cccc(N3CN(c4ccccc4)C4(CCNCC4)C3=O)c2)c2ccccc21. The molecule has 10 nitrogen and oxygen atoms in total. The number of rotatable bonds is 9. The van der Waals surface area contributed by atoms with Crippen molar-refractivity contribution in [3.05, 3.63) is 138 Å². The number of nitrogens with zero attached hydrogens (tertiary/aromatic N) is 4. The van der Waals surface area contributed by atoms with E-state index < -0.39 is 23.0 Å². The van der Waals surface area contributed by atoms with E-state index in [0.29, 0.717) is 43.7 Å². The highest BCUT2D eigenvalue weighted by atomic mass is 16.3. The molecule has 4 heterocycles. The minimum atomic E-state index is -1.84. The van der Waals surface area contributed by atoms with Gasteiger partial charge >= 0.3 is 0 Å². The van der Waals surface area contributed by atoms with Gasteiger partial charge in [-0.2, -0.15) is 0 Å². The molecule has 54 heavy (non-hydrogen) atoms. The smallest absolute Gasteiger partial charge is 0.264 e. The molecule has 0 saturated carbocycles. The molecule has 0 radical (unpaired) electrons. The number of carbonyl (C=O) groups is 3. The zero-order valence-corrected chi connectivity index (χ0v) is 30.6. The van der Waals surface area contributed by atoms with Crippen molar-refractivity contribution in [1.29, 1.82) is 0 Å². The minimum absolute atomic E-state index is 0.0815. The third-order valence-corrected chi connectivity index (χ3v) is 11.9. The Morgan fingerprint density at radius 2 is 1.59 bits per heavy atom. The van der Waals surface area contributed by atoms with Crippen LogP contribution in [0.5, 0.6) is 0 Å². The van der Waals surface area contributed by atoms with Crippen LogP contribution in [0.1, 0.15) is 48.4 Å². The van der Waals surface area contributed by atoms with Crippen molar-refractivity contribution in [3.63, 3.8) is 0 Å². The van der Waals surface area contributed by atoms with E-state index in [4.69, 9.17) is 0 Å². The van der Waals surface area contributed by atoms with Crippen LogP contribution in [0.4, 0.5) is 17.1 Å². The maximum atomic E-state index is 14.3. The molecule has 4 aromatic carbocycles. The van der Waals surface area contributed by atoms with Gasteiger partial charge in [0.15, 0.2) is 5.60 Å². The molecule has 3 N–H and O–H groups in total. The Kier molecular flexibility index (Phi) is 9.60. The molecule has 2 fully saturated rings. The lowest BCUT2D eigenvalue weighted by Gasteiger charge is -2.39. The van der Waals surface area contributed by atoms with Crippen molar-refractivity contribution in [2.75, 3.05) is 41.1 Å². The highest BCUT2D eigenvalue weighted by molar-refractivity contribution is 6.08. The first-order valence-corrected chi connectivity index (χ1v) is 19.0. The molecule has 0 unspecified atom stereocenters. The quantitative estimate of drug-likeness (QED) is 0.211. The van der Waals surface area contributed by atoms with Gasteiger partial charge in [-0.05, 0) is 79.4 Å². The van der Waals surface area contributed by atoms with Gasteiger partial charge in [0, 0.05) is 35.8 Å². The second-order valence-corrected chi connectivity index (χ2v) is 15.0. The first kappa shape index (κ1) is 35.7. The van der Waals surface area contributed by atoms with Gasteiger partial charge in [-0.15, -0.1) is 0 Å². The lowest BCUT2D eigenvalue weighted by atomic mass is 9.83. The number of fused-ring (bicyclic) bond motifs is 2. The van der Waals surface area contributed by atoms with Crippen LogP contribution in [-0.4, -0.2) is 70.8 Å². The molecule has 10 heteroatoms. The molecule has 4 aliphatic rings. The fourth-order valence-corrected chi connectivity index (χ4v) is 8.90. The van der Waals surface area contributed by atoms with Gasteiger partial charge in [0.25, 0.3) is 11.8 Å². The van der Waals surface area contributed by atoms with E-state index in [1.54, 1.807) is 34.9 Å². The molecule has 0 aliphatic carbocycles. The van der Waals surface area contributed by atoms with E-state index in [1.807, 2.05) is 89.8 Å². The van der Waals surface area contributed by atoms with Crippen molar-refractivity contribution in [3.8, 4) is 0 Å². The summed E-state index contributed by atoms with van der Waals surface area (Å²) in [6.45, 7) is 4.28. The molecule has 278 valence electrons. The third kappa shape index (κ3) is 6.08. The molecular weight excluding hydrogens is 679 g/mol. The van der Waals surface area contributed by atoms with Crippen molar-refractivity contribution in [2.45, 2.75) is 62.9 Å². The van der Waals surface area contributed by atoms with Crippen LogP contribution < -0.4 is 20.0 Å². The van der Waals surface area contributed by atoms with Crippen molar-refractivity contribution in [1.82, 2.24) is 10.2 Å². The van der Waals surface area contributed by atoms with Gasteiger partial charge in [0.2, 0.25) is 5.91 Å². The highest BCUT2D eigenvalue weighted by Crippen LogP contribution is 2.46. The number of hydrogen-bond donors (Lipinski definition) is 3. The fourth-order valence-electron chi connectivity index (χ4n) is 8.90. The number of anilines is 3. The zero-order valence-electron chi connectivity index (χ0n) is 30.6. The summed E-state index contributed by atoms with van der Waals surface area (Å²) in [5.74, 6) is -1.11. The number of benzene rings is 4. The average Bonchev–Trinajstić information content (AvgIpc) is 3.61. The number of hydrogen-bond acceptors (Lipinski definition) is 7. The second kappa shape index (κ2) is 14.5. The van der Waals surface area contributed by atoms with Gasteiger partial charge in [-0.1, -0.05) is 91.9 Å². The van der Waals surface area contributed by atoms with Crippen LogP contribution in [-0.2, 0) is 39.5 Å². The van der Waals surface area contributed by atoms with Crippen LogP contribution >= 0.6 is 0 Å². The normalized spacial score (nSPS) is 22.6. The maximum Gasteiger partial charge on any atom is 0.264 e. The van der Waals surface area contributed by atoms with Crippen LogP contribution in [0.15, 0.2) is 115 Å². The molecule has 8 rings (SSSR count). The topological polar surface area (TPSA) is 117 Å². The summed E-state index contributed by atoms with van der Waals surface area (Å²) in [5.41, 5.74) is 3.52. The van der Waals surface area contributed by atoms with Crippen molar-refractivity contribution in [2.24, 2.45) is 5.92 Å². The number of para-hydroxylation sites is 2. The molecule has 3 amide bonds. The van der Waals surface area contributed by atoms with Gasteiger partial charge in [0.05, 0.1) is 31.5 Å². The number of carbonyl (C=O) groups excluding carboxylic acids is 3. The molecular formula is C44H47N5O5. The molecule has 4 aliphatic heterocycles. The van der Waals surface area contributed by atoms with Crippen LogP contribution in [0.3, 0.4) is 0 Å². The van der Waals surface area contributed by atoms with E-state index in [-0.39, 0.29) is 37.4 Å². The third-order valence-electron chi connectivity index (χ3n) is 11.9. The van der Waals surface area contributed by atoms with E-state index in [9.17, 15) is 24.6 Å². The summed E-state index contributed by atoms with van der Waals surface area (Å²) in [6.07, 6.45) is 5.58. The monoisotopic (exact) mass is 725 g/mol. The number of aliphatic hydroxyl groups excluding tert-OH is 1. The van der Waals surface area contributed by atoms with Gasteiger partial charge in [-0.3, -0.25) is 19.3 Å². The van der Waals surface area contributed by atoms with E-state index in [1.165, 1.54) is 0 Å². The number of nitrogens with one attached hydrogen (secondary N) is 1. The van der Waals surface area contributed by atoms with E-state index in [2.05, 4.69) is 22.3 Å². The molecule has 0 bridgehead atoms. The second-order valence-electron chi connectivity index (χ2n) is 15.0. The Morgan fingerprint density at radius 1 is 0.889 bits per heavy atom. The van der Waals surface area contributed by atoms with Crippen LogP contribution in [0, 0.1) is 5.92 Å². The zero-order chi connectivity index (χ0) is 37.5. The summed E-state index contributed by atoms with van der Waals surface area (Å²) in [4.78, 5) is 49.5. The Morgan fingerprint density at radius 3 is 2.37 bits per heavy atom. The summed E-state index contributed by atoms with van der Waals surface area (Å²) >= 11 is 0. The summed E-state index contributed by atoms with van der Waals surface area (Å²) in [6, 6.07) is 32.9. The predicted molar refractivity (Wildman–Crippen MR) is 209 cm³/mol. The predicted octanol–water partition coefficient (Wildman–Crippen LogP) is 4.88. The lowest BCUT2D eigenvalue weighted by molar-refractivity contribution is -0.139. The molecule has 0 aromatic heterocycles. The van der Waals surface area contributed by atoms with E-state index in [0.717, 1.165) is 41.2 Å². The Labute approximate surface area is 316 Å². The largest absolute Gasteiger partial charge is 0.394 e. The summed E-state index contributed by atoms with van der Waals surface area (Å²) in [5, 5.41) is 25.7. The number of amides is 3. The summed E-state index contributed by atoms with van der Waals surface area (Å²) in [7, 11) is 0. The molecule has 1 spiro atoms. The van der Waals surface area contributed by atoms with Crippen LogP contribution in [0.2, 0.25) is 0 Å². The minimum Gasteiger partial charge on any atom is -0.394 e. The molecule has 4 aromatic rings. The highest BCUT2D eigenvalue weighted by Gasteiger charge is 2.54. The lowest BCUT2D eigenvalue weighted by Crippen LogP contribution is -2.55. The van der Waals surface area contributed by atoms with Gasteiger partial charge in [-0.25, -0.2) is 0 Å². The fraction of sp³-hybridized carbons (Fsp3) is 0.341. The first-order chi connectivity index (χ1) is 26.2. The Hall–Kier alpha value is -5.29. The Bertz CT molecular complexity index is 2080. The van der Waals surface area contributed by atoms with Crippen molar-refractivity contribution >= 4 is 34.8 Å². The van der Waals surface area contributed by atoms with Crippen LogP contribution in [0.25, 0.3) is 0 Å². The molecule has 2 saturated heterocycles. The Balaban J connectivity index is 0.999. The molecule has 3 atom stereocenters. The number of piperidine rings is 1. The van der Waals surface area contributed by atoms with Crippen molar-refractivity contribution < 1.29 is 24.6 Å². The average molecular weight is 726 g/mol.